The number of benzene rings is 2. The van der Waals surface area contributed by atoms with Crippen LogP contribution in [-0.4, -0.2) is 44.2 Å². The van der Waals surface area contributed by atoms with Crippen LogP contribution in [0.1, 0.15) is 21.5 Å². The maximum Gasteiger partial charge on any atom is 0.253 e. The highest BCUT2D eigenvalue weighted by atomic mass is 16.5. The quantitative estimate of drug-likeness (QED) is 0.767. The maximum absolute atomic E-state index is 12.7. The number of ether oxygens (including phenoxy) is 2. The third-order valence-electron chi connectivity index (χ3n) is 4.55. The van der Waals surface area contributed by atoms with Gasteiger partial charge in [-0.1, -0.05) is 24.3 Å². The Balaban J connectivity index is 1.62. The number of hydrogen-bond acceptors (Lipinski definition) is 3. The summed E-state index contributed by atoms with van der Waals surface area (Å²) in [7, 11) is 3.53. The van der Waals surface area contributed by atoms with Crippen molar-refractivity contribution in [2.24, 2.45) is 0 Å². The molecule has 2 aromatic carbocycles. The molecule has 1 aliphatic rings. The van der Waals surface area contributed by atoms with Crippen LogP contribution >= 0.6 is 0 Å². The lowest BCUT2D eigenvalue weighted by molar-refractivity contribution is 0.0737. The van der Waals surface area contributed by atoms with Gasteiger partial charge in [-0.05, 0) is 48.2 Å². The first-order valence-electron chi connectivity index (χ1n) is 8.25. The van der Waals surface area contributed by atoms with Crippen LogP contribution in [0.25, 0.3) is 0 Å². The number of hydrogen-bond donors (Lipinski definition) is 0. The SMILES string of the molecule is COCCOc1ccc(C(=O)N(C)C2Cc3ccccc3C2)cc1. The Morgan fingerprint density at radius 3 is 2.25 bits per heavy atom. The van der Waals surface area contributed by atoms with Crippen molar-refractivity contribution in [3.8, 4) is 5.75 Å². The van der Waals surface area contributed by atoms with Crippen LogP contribution in [-0.2, 0) is 17.6 Å². The number of methoxy groups -OCH3 is 1. The lowest BCUT2D eigenvalue weighted by atomic mass is 10.1. The fraction of sp³-hybridized carbons (Fsp3) is 0.350. The minimum Gasteiger partial charge on any atom is -0.491 e. The monoisotopic (exact) mass is 325 g/mol. The molecule has 0 aliphatic heterocycles. The zero-order valence-electron chi connectivity index (χ0n) is 14.2. The van der Waals surface area contributed by atoms with Crippen molar-refractivity contribution in [3.63, 3.8) is 0 Å². The number of likely N-dealkylation sites (N-methyl/N-ethyl adjacent to an activating group) is 1. The van der Waals surface area contributed by atoms with Crippen molar-refractivity contribution in [1.82, 2.24) is 4.90 Å². The highest BCUT2D eigenvalue weighted by molar-refractivity contribution is 5.94. The van der Waals surface area contributed by atoms with Gasteiger partial charge in [0.05, 0.1) is 6.61 Å². The molecule has 0 N–H and O–H groups in total. The first-order chi connectivity index (χ1) is 11.7. The Hall–Kier alpha value is -2.33. The standard InChI is InChI=1S/C20H23NO3/c1-21(18-13-16-5-3-4-6-17(16)14-18)20(22)15-7-9-19(10-8-15)24-12-11-23-2/h3-10,18H,11-14H2,1-2H3. The number of amides is 1. The minimum absolute atomic E-state index is 0.0521. The molecule has 0 radical (unpaired) electrons. The number of fused-ring (bicyclic) bond motifs is 1. The summed E-state index contributed by atoms with van der Waals surface area (Å²) in [6.45, 7) is 1.05. The zero-order chi connectivity index (χ0) is 16.9. The Labute approximate surface area is 143 Å². The van der Waals surface area contributed by atoms with E-state index >= 15 is 0 Å². The summed E-state index contributed by atoms with van der Waals surface area (Å²) in [6, 6.07) is 16.0. The van der Waals surface area contributed by atoms with Crippen LogP contribution in [0.4, 0.5) is 0 Å². The highest BCUT2D eigenvalue weighted by Gasteiger charge is 2.27. The van der Waals surface area contributed by atoms with E-state index in [1.807, 2.05) is 36.2 Å². The predicted molar refractivity (Wildman–Crippen MR) is 93.5 cm³/mol. The second kappa shape index (κ2) is 7.49. The van der Waals surface area contributed by atoms with Gasteiger partial charge in [-0.3, -0.25) is 4.79 Å². The highest BCUT2D eigenvalue weighted by Crippen LogP contribution is 2.25. The molecule has 0 spiro atoms. The lowest BCUT2D eigenvalue weighted by Crippen LogP contribution is -2.37. The number of carbonyl (C=O) groups is 1. The van der Waals surface area contributed by atoms with Gasteiger partial charge in [-0.25, -0.2) is 0 Å². The molecule has 4 nitrogen and oxygen atoms in total. The predicted octanol–water partition coefficient (Wildman–Crippen LogP) is 2.95. The van der Waals surface area contributed by atoms with Gasteiger partial charge in [0.2, 0.25) is 0 Å². The van der Waals surface area contributed by atoms with Crippen molar-refractivity contribution in [1.29, 1.82) is 0 Å². The Kier molecular flexibility index (Phi) is 5.16. The molecule has 0 aromatic heterocycles. The van der Waals surface area contributed by atoms with Gasteiger partial charge in [0.1, 0.15) is 12.4 Å². The first-order valence-corrected chi connectivity index (χ1v) is 8.25. The number of nitrogens with zero attached hydrogens (tertiary/aromatic N) is 1. The van der Waals surface area contributed by atoms with Gasteiger partial charge in [0.25, 0.3) is 5.91 Å². The molecule has 1 amide bonds. The lowest BCUT2D eigenvalue weighted by Gasteiger charge is -2.24. The van der Waals surface area contributed by atoms with Crippen LogP contribution < -0.4 is 4.74 Å². The largest absolute Gasteiger partial charge is 0.491 e. The average molecular weight is 325 g/mol. The Bertz CT molecular complexity index is 671. The summed E-state index contributed by atoms with van der Waals surface area (Å²) < 4.78 is 10.5. The summed E-state index contributed by atoms with van der Waals surface area (Å²) in [4.78, 5) is 14.6. The molecule has 4 heteroatoms. The topological polar surface area (TPSA) is 38.8 Å². The minimum atomic E-state index is 0.0521. The molecular weight excluding hydrogens is 302 g/mol. The summed E-state index contributed by atoms with van der Waals surface area (Å²) in [6.07, 6.45) is 1.85. The van der Waals surface area contributed by atoms with E-state index in [1.165, 1.54) is 11.1 Å². The van der Waals surface area contributed by atoms with Crippen molar-refractivity contribution in [2.75, 3.05) is 27.4 Å². The van der Waals surface area contributed by atoms with Crippen molar-refractivity contribution < 1.29 is 14.3 Å². The molecule has 126 valence electrons. The van der Waals surface area contributed by atoms with Gasteiger partial charge in [0, 0.05) is 25.8 Å². The molecule has 2 aromatic rings. The van der Waals surface area contributed by atoms with Crippen LogP contribution in [0.5, 0.6) is 5.75 Å². The molecular formula is C20H23NO3. The molecule has 1 aliphatic carbocycles. The van der Waals surface area contributed by atoms with Gasteiger partial charge in [0.15, 0.2) is 0 Å². The third kappa shape index (κ3) is 3.60. The molecule has 0 heterocycles. The molecule has 0 saturated carbocycles. The number of rotatable bonds is 6. The maximum atomic E-state index is 12.7. The van der Waals surface area contributed by atoms with E-state index in [4.69, 9.17) is 9.47 Å². The van der Waals surface area contributed by atoms with Gasteiger partial charge >= 0.3 is 0 Å². The first kappa shape index (κ1) is 16.5. The summed E-state index contributed by atoms with van der Waals surface area (Å²) in [5.74, 6) is 0.802. The van der Waals surface area contributed by atoms with E-state index in [0.29, 0.717) is 18.8 Å². The van der Waals surface area contributed by atoms with Gasteiger partial charge in [-0.15, -0.1) is 0 Å². The third-order valence-corrected chi connectivity index (χ3v) is 4.55. The van der Waals surface area contributed by atoms with Gasteiger partial charge in [-0.2, -0.15) is 0 Å². The fourth-order valence-electron chi connectivity index (χ4n) is 3.12. The van der Waals surface area contributed by atoms with Crippen LogP contribution in [0, 0.1) is 0 Å². The van der Waals surface area contributed by atoms with Crippen LogP contribution in [0.2, 0.25) is 0 Å². The van der Waals surface area contributed by atoms with Crippen molar-refractivity contribution >= 4 is 5.91 Å². The fourth-order valence-corrected chi connectivity index (χ4v) is 3.12. The second-order valence-corrected chi connectivity index (χ2v) is 6.11. The van der Waals surface area contributed by atoms with Crippen molar-refractivity contribution in [3.05, 3.63) is 65.2 Å². The zero-order valence-corrected chi connectivity index (χ0v) is 14.2. The molecule has 0 unspecified atom stereocenters. The molecule has 0 atom stereocenters. The Morgan fingerprint density at radius 1 is 1.04 bits per heavy atom. The van der Waals surface area contributed by atoms with Crippen LogP contribution in [0.3, 0.4) is 0 Å². The average Bonchev–Trinajstić information content (AvgIpc) is 3.05. The van der Waals surface area contributed by atoms with Crippen molar-refractivity contribution in [2.45, 2.75) is 18.9 Å². The summed E-state index contributed by atoms with van der Waals surface area (Å²) in [5, 5.41) is 0. The van der Waals surface area contributed by atoms with Gasteiger partial charge < -0.3 is 14.4 Å². The smallest absolute Gasteiger partial charge is 0.253 e. The summed E-state index contributed by atoms with van der Waals surface area (Å²) >= 11 is 0. The summed E-state index contributed by atoms with van der Waals surface area (Å²) in [5.41, 5.74) is 3.39. The van der Waals surface area contributed by atoms with E-state index in [9.17, 15) is 4.79 Å². The molecule has 0 fully saturated rings. The van der Waals surface area contributed by atoms with E-state index in [1.54, 1.807) is 7.11 Å². The van der Waals surface area contributed by atoms with E-state index < -0.39 is 0 Å². The van der Waals surface area contributed by atoms with E-state index in [0.717, 1.165) is 18.6 Å². The molecule has 0 bridgehead atoms. The number of carbonyl (C=O) groups excluding carboxylic acids is 1. The van der Waals surface area contributed by atoms with Crippen LogP contribution in [0.15, 0.2) is 48.5 Å². The second-order valence-electron chi connectivity index (χ2n) is 6.11. The van der Waals surface area contributed by atoms with E-state index in [-0.39, 0.29) is 11.9 Å². The Morgan fingerprint density at radius 2 is 1.67 bits per heavy atom. The molecule has 0 saturated heterocycles. The van der Waals surface area contributed by atoms with E-state index in [2.05, 4.69) is 24.3 Å². The molecule has 3 rings (SSSR count). The normalized spacial score (nSPS) is 13.6. The molecule has 24 heavy (non-hydrogen) atoms.